The van der Waals surface area contributed by atoms with E-state index in [1.807, 2.05) is 28.7 Å². The summed E-state index contributed by atoms with van der Waals surface area (Å²) in [5, 5.41) is 10.1. The maximum absolute atomic E-state index is 13.6. The van der Waals surface area contributed by atoms with E-state index >= 15 is 0 Å². The van der Waals surface area contributed by atoms with Crippen molar-refractivity contribution in [1.29, 1.82) is 0 Å². The number of halogens is 1. The molecule has 0 N–H and O–H groups in total. The molecule has 0 bridgehead atoms. The van der Waals surface area contributed by atoms with Gasteiger partial charge in [-0.25, -0.2) is 4.40 Å². The average molecular weight is 468 g/mol. The van der Waals surface area contributed by atoms with E-state index in [4.69, 9.17) is 21.1 Å². The highest BCUT2D eigenvalue weighted by Gasteiger charge is 2.22. The first-order chi connectivity index (χ1) is 16.1. The molecule has 0 amide bonds. The Morgan fingerprint density at radius 1 is 0.939 bits per heavy atom. The number of rotatable bonds is 5. The summed E-state index contributed by atoms with van der Waals surface area (Å²) in [4.78, 5) is 15.8. The van der Waals surface area contributed by atoms with Gasteiger partial charge < -0.3 is 14.4 Å². The van der Waals surface area contributed by atoms with Crippen LogP contribution >= 0.6 is 11.6 Å². The van der Waals surface area contributed by atoms with Gasteiger partial charge in [-0.2, -0.15) is 0 Å². The van der Waals surface area contributed by atoms with Gasteiger partial charge in [-0.3, -0.25) is 9.36 Å². The van der Waals surface area contributed by atoms with Crippen LogP contribution in [0.5, 0.6) is 11.5 Å². The van der Waals surface area contributed by atoms with Crippen LogP contribution < -0.4 is 19.9 Å². The Bertz CT molecular complexity index is 1370. The molecule has 0 atom stereocenters. The van der Waals surface area contributed by atoms with Crippen molar-refractivity contribution in [1.82, 2.24) is 19.2 Å². The summed E-state index contributed by atoms with van der Waals surface area (Å²) in [5.41, 5.74) is 1.48. The van der Waals surface area contributed by atoms with E-state index in [1.165, 1.54) is 12.8 Å². The van der Waals surface area contributed by atoms with Crippen LogP contribution in [0.15, 0.2) is 41.2 Å². The number of fused-ring (bicyclic) bond motifs is 3. The van der Waals surface area contributed by atoms with E-state index in [9.17, 15) is 4.79 Å². The molecular weight excluding hydrogens is 442 g/mol. The maximum atomic E-state index is 13.6. The van der Waals surface area contributed by atoms with Crippen molar-refractivity contribution in [3.63, 3.8) is 0 Å². The van der Waals surface area contributed by atoms with Crippen molar-refractivity contribution >= 4 is 34.2 Å². The Hall–Kier alpha value is -3.26. The average Bonchev–Trinajstić information content (AvgIpc) is 3.08. The van der Waals surface area contributed by atoms with Gasteiger partial charge in [0.1, 0.15) is 0 Å². The van der Waals surface area contributed by atoms with Crippen molar-refractivity contribution < 1.29 is 9.47 Å². The lowest BCUT2D eigenvalue weighted by atomic mass is 10.2. The molecular formula is C24H26ClN5O3. The third kappa shape index (κ3) is 3.88. The number of benzene rings is 2. The van der Waals surface area contributed by atoms with Crippen molar-refractivity contribution in [2.24, 2.45) is 0 Å². The topological polar surface area (TPSA) is 73.9 Å². The fourth-order valence-corrected chi connectivity index (χ4v) is 4.72. The molecule has 1 aliphatic rings. The number of hydrogen-bond acceptors (Lipinski definition) is 6. The summed E-state index contributed by atoms with van der Waals surface area (Å²) in [6.45, 7) is 2.15. The fraction of sp³-hybridized carbons (Fsp3) is 0.375. The van der Waals surface area contributed by atoms with Crippen molar-refractivity contribution in [3.05, 3.63) is 57.3 Å². The van der Waals surface area contributed by atoms with E-state index in [1.54, 1.807) is 30.9 Å². The van der Waals surface area contributed by atoms with E-state index in [2.05, 4.69) is 15.1 Å². The smallest absolute Gasteiger partial charge is 0.263 e. The zero-order valence-electron chi connectivity index (χ0n) is 18.8. The molecule has 3 heterocycles. The first-order valence-corrected chi connectivity index (χ1v) is 11.5. The first-order valence-electron chi connectivity index (χ1n) is 11.1. The molecule has 0 saturated carbocycles. The third-order valence-electron chi connectivity index (χ3n) is 6.22. The van der Waals surface area contributed by atoms with Crippen LogP contribution in [0.1, 0.15) is 31.2 Å². The molecule has 1 saturated heterocycles. The second kappa shape index (κ2) is 8.94. The zero-order valence-corrected chi connectivity index (χ0v) is 19.5. The van der Waals surface area contributed by atoms with Gasteiger partial charge in [-0.15, -0.1) is 10.2 Å². The van der Waals surface area contributed by atoms with E-state index in [0.717, 1.165) is 43.0 Å². The molecule has 0 radical (unpaired) electrons. The standard InChI is InChI=1S/C24H26ClN5O3/c1-32-20-10-7-16(13-21(20)33-2)15-29-22(31)18-14-17(25)8-9-19(18)30-23(26-27-24(29)30)28-11-5-3-4-6-12-28/h7-10,13-14H,3-6,11-12,15H2,1-2H3. The van der Waals surface area contributed by atoms with Crippen molar-refractivity contribution in [2.75, 3.05) is 32.2 Å². The quantitative estimate of drug-likeness (QED) is 0.439. The predicted octanol–water partition coefficient (Wildman–Crippen LogP) is 4.14. The molecule has 9 heteroatoms. The second-order valence-electron chi connectivity index (χ2n) is 8.28. The van der Waals surface area contributed by atoms with Gasteiger partial charge in [-0.1, -0.05) is 30.5 Å². The lowest BCUT2D eigenvalue weighted by Gasteiger charge is -2.21. The van der Waals surface area contributed by atoms with Gasteiger partial charge >= 0.3 is 0 Å². The van der Waals surface area contributed by atoms with Gasteiger partial charge in [0, 0.05) is 18.1 Å². The van der Waals surface area contributed by atoms with Crippen LogP contribution in [0, 0.1) is 0 Å². The molecule has 33 heavy (non-hydrogen) atoms. The van der Waals surface area contributed by atoms with E-state index in [0.29, 0.717) is 34.2 Å². The lowest BCUT2D eigenvalue weighted by Crippen LogP contribution is -2.28. The summed E-state index contributed by atoms with van der Waals surface area (Å²) < 4.78 is 14.4. The van der Waals surface area contributed by atoms with Crippen LogP contribution in [-0.4, -0.2) is 46.5 Å². The van der Waals surface area contributed by atoms with Gasteiger partial charge in [0.25, 0.3) is 5.56 Å². The van der Waals surface area contributed by atoms with Crippen LogP contribution in [0.25, 0.3) is 16.7 Å². The molecule has 0 unspecified atom stereocenters. The van der Waals surface area contributed by atoms with Crippen molar-refractivity contribution in [3.8, 4) is 11.5 Å². The summed E-state index contributed by atoms with van der Waals surface area (Å²) in [7, 11) is 3.19. The molecule has 172 valence electrons. The Labute approximate surface area is 196 Å². The fourth-order valence-electron chi connectivity index (χ4n) is 4.55. The molecule has 4 aromatic rings. The largest absolute Gasteiger partial charge is 0.493 e. The minimum atomic E-state index is -0.162. The zero-order chi connectivity index (χ0) is 22.9. The van der Waals surface area contributed by atoms with Gasteiger partial charge in [0.15, 0.2) is 11.5 Å². The molecule has 1 aliphatic heterocycles. The number of methoxy groups -OCH3 is 2. The summed E-state index contributed by atoms with van der Waals surface area (Å²) >= 11 is 6.28. The second-order valence-corrected chi connectivity index (χ2v) is 8.72. The lowest BCUT2D eigenvalue weighted by molar-refractivity contribution is 0.354. The molecule has 0 aliphatic carbocycles. The Morgan fingerprint density at radius 3 is 2.42 bits per heavy atom. The summed E-state index contributed by atoms with van der Waals surface area (Å²) in [5.74, 6) is 2.51. The minimum absolute atomic E-state index is 0.162. The molecule has 2 aromatic heterocycles. The maximum Gasteiger partial charge on any atom is 0.263 e. The number of anilines is 1. The van der Waals surface area contributed by atoms with Crippen LogP contribution in [0.3, 0.4) is 0 Å². The van der Waals surface area contributed by atoms with Gasteiger partial charge in [0.05, 0.1) is 31.7 Å². The Morgan fingerprint density at radius 2 is 1.70 bits per heavy atom. The number of aromatic nitrogens is 4. The van der Waals surface area contributed by atoms with Crippen LogP contribution in [0.4, 0.5) is 5.95 Å². The van der Waals surface area contributed by atoms with Gasteiger partial charge in [-0.05, 0) is 48.7 Å². The SMILES string of the molecule is COc1ccc(Cn2c(=O)c3cc(Cl)ccc3n3c(N4CCCCCC4)nnc23)cc1OC. The molecule has 0 spiro atoms. The molecule has 8 nitrogen and oxygen atoms in total. The molecule has 5 rings (SSSR count). The van der Waals surface area contributed by atoms with Crippen LogP contribution in [0.2, 0.25) is 5.02 Å². The van der Waals surface area contributed by atoms with Crippen molar-refractivity contribution in [2.45, 2.75) is 32.2 Å². The predicted molar refractivity (Wildman–Crippen MR) is 129 cm³/mol. The summed E-state index contributed by atoms with van der Waals surface area (Å²) in [6, 6.07) is 11.0. The summed E-state index contributed by atoms with van der Waals surface area (Å²) in [6.07, 6.45) is 4.66. The van der Waals surface area contributed by atoms with E-state index in [-0.39, 0.29) is 5.56 Å². The number of hydrogen-bond donors (Lipinski definition) is 0. The van der Waals surface area contributed by atoms with Gasteiger partial charge in [0.2, 0.25) is 11.7 Å². The normalized spacial score (nSPS) is 14.6. The minimum Gasteiger partial charge on any atom is -0.493 e. The highest BCUT2D eigenvalue weighted by molar-refractivity contribution is 6.31. The molecule has 2 aromatic carbocycles. The highest BCUT2D eigenvalue weighted by atomic mass is 35.5. The monoisotopic (exact) mass is 467 g/mol. The third-order valence-corrected chi connectivity index (χ3v) is 6.46. The first kappa shape index (κ1) is 21.6. The van der Waals surface area contributed by atoms with E-state index < -0.39 is 0 Å². The Kier molecular flexibility index (Phi) is 5.85. The Balaban J connectivity index is 1.71. The number of nitrogens with zero attached hydrogens (tertiary/aromatic N) is 5. The molecule has 1 fully saturated rings. The van der Waals surface area contributed by atoms with Crippen LogP contribution in [-0.2, 0) is 6.54 Å². The number of ether oxygens (including phenoxy) is 2. The highest BCUT2D eigenvalue weighted by Crippen LogP contribution is 2.29.